The van der Waals surface area contributed by atoms with Crippen LogP contribution in [0.2, 0.25) is 0 Å². The number of anilines is 1. The molecule has 1 aliphatic heterocycles. The normalized spacial score (nSPS) is 19.1. The molecule has 134 valence electrons. The van der Waals surface area contributed by atoms with Gasteiger partial charge < -0.3 is 5.32 Å². The second-order valence-corrected chi connectivity index (χ2v) is 7.18. The highest BCUT2D eigenvalue weighted by molar-refractivity contribution is 5.87. The van der Waals surface area contributed by atoms with E-state index in [1.165, 1.54) is 18.9 Å². The van der Waals surface area contributed by atoms with Crippen molar-refractivity contribution in [2.75, 3.05) is 18.4 Å². The van der Waals surface area contributed by atoms with Gasteiger partial charge in [-0.25, -0.2) is 0 Å². The number of nitrogens with zero attached hydrogens (tertiary/aromatic N) is 3. The lowest BCUT2D eigenvalue weighted by Crippen LogP contribution is -2.25. The fourth-order valence-corrected chi connectivity index (χ4v) is 3.74. The van der Waals surface area contributed by atoms with Gasteiger partial charge in [-0.15, -0.1) is 0 Å². The fraction of sp³-hybridized carbons (Fsp3) is 0.526. The Hall–Kier alpha value is -2.21. The predicted octanol–water partition coefficient (Wildman–Crippen LogP) is 3.01. The highest BCUT2D eigenvalue weighted by Crippen LogP contribution is 2.29. The number of rotatable bonds is 5. The van der Waals surface area contributed by atoms with Crippen LogP contribution in [-0.4, -0.2) is 39.1 Å². The van der Waals surface area contributed by atoms with Crippen molar-refractivity contribution >= 4 is 11.7 Å². The number of aromatic amines is 1. The molecule has 0 saturated carbocycles. The molecule has 0 aliphatic carbocycles. The van der Waals surface area contributed by atoms with Gasteiger partial charge in [0.1, 0.15) is 0 Å². The summed E-state index contributed by atoms with van der Waals surface area (Å²) in [5.74, 6) is 1.16. The van der Waals surface area contributed by atoms with Crippen molar-refractivity contribution in [3.63, 3.8) is 0 Å². The number of H-pyrrole nitrogens is 1. The number of aromatic nitrogens is 3. The zero-order chi connectivity index (χ0) is 18.0. The first-order chi connectivity index (χ1) is 11.9. The third-order valence-electron chi connectivity index (χ3n) is 4.88. The number of hydrogen-bond donors (Lipinski definition) is 2. The van der Waals surface area contributed by atoms with Crippen molar-refractivity contribution in [2.45, 2.75) is 46.6 Å². The second kappa shape index (κ2) is 7.35. The van der Waals surface area contributed by atoms with Crippen LogP contribution in [0.25, 0.3) is 0 Å². The Morgan fingerprint density at radius 2 is 2.08 bits per heavy atom. The zero-order valence-electron chi connectivity index (χ0n) is 15.5. The molecule has 1 unspecified atom stereocenters. The Morgan fingerprint density at radius 3 is 2.76 bits per heavy atom. The molecule has 0 spiro atoms. The van der Waals surface area contributed by atoms with E-state index in [-0.39, 0.29) is 11.9 Å². The lowest BCUT2D eigenvalue weighted by Gasteiger charge is -2.23. The monoisotopic (exact) mass is 341 g/mol. The first kappa shape index (κ1) is 17.6. The maximum atomic E-state index is 11.1. The van der Waals surface area contributed by atoms with Crippen LogP contribution in [0, 0.1) is 19.8 Å². The number of amides is 1. The topological polar surface area (TPSA) is 73.9 Å². The zero-order valence-corrected chi connectivity index (χ0v) is 15.5. The van der Waals surface area contributed by atoms with E-state index in [2.05, 4.69) is 58.3 Å². The summed E-state index contributed by atoms with van der Waals surface area (Å²) in [4.78, 5) is 18.1. The first-order valence-corrected chi connectivity index (χ1v) is 8.92. The number of aryl methyl sites for hydroxylation is 2. The summed E-state index contributed by atoms with van der Waals surface area (Å²) in [5, 5.41) is 9.93. The molecule has 1 aliphatic rings. The molecule has 6 heteroatoms. The Kier molecular flexibility index (Phi) is 5.18. The van der Waals surface area contributed by atoms with E-state index in [1.54, 1.807) is 0 Å². The van der Waals surface area contributed by atoms with Crippen LogP contribution in [0.15, 0.2) is 18.2 Å². The summed E-state index contributed by atoms with van der Waals surface area (Å²) in [6.07, 6.45) is 2.31. The number of nitrogens with one attached hydrogen (secondary N) is 2. The van der Waals surface area contributed by atoms with Crippen LogP contribution in [-0.2, 0) is 11.2 Å². The van der Waals surface area contributed by atoms with Gasteiger partial charge in [-0.3, -0.25) is 19.8 Å². The van der Waals surface area contributed by atoms with E-state index in [0.717, 1.165) is 36.6 Å². The number of pyridine rings is 1. The van der Waals surface area contributed by atoms with Crippen LogP contribution < -0.4 is 5.32 Å². The molecule has 2 aromatic heterocycles. The van der Waals surface area contributed by atoms with Crippen molar-refractivity contribution in [2.24, 2.45) is 5.92 Å². The average Bonchev–Trinajstić information content (AvgIpc) is 3.14. The molecule has 1 saturated heterocycles. The number of carbonyl (C=O) groups is 1. The van der Waals surface area contributed by atoms with E-state index in [0.29, 0.717) is 11.7 Å². The van der Waals surface area contributed by atoms with Gasteiger partial charge >= 0.3 is 0 Å². The number of carbonyl (C=O) groups excluding carboxylic acids is 1. The van der Waals surface area contributed by atoms with Crippen molar-refractivity contribution in [1.82, 2.24) is 20.1 Å². The minimum absolute atomic E-state index is 0.102. The summed E-state index contributed by atoms with van der Waals surface area (Å²) in [5.41, 5.74) is 4.63. The van der Waals surface area contributed by atoms with E-state index in [4.69, 9.17) is 0 Å². The quantitative estimate of drug-likeness (QED) is 0.877. The van der Waals surface area contributed by atoms with Crippen molar-refractivity contribution in [1.29, 1.82) is 0 Å². The molecule has 1 fully saturated rings. The first-order valence-electron chi connectivity index (χ1n) is 8.92. The molecule has 3 heterocycles. The van der Waals surface area contributed by atoms with Gasteiger partial charge in [0, 0.05) is 37.0 Å². The smallest absolute Gasteiger partial charge is 0.222 e. The summed E-state index contributed by atoms with van der Waals surface area (Å²) in [6.45, 7) is 9.97. The molecule has 2 N–H and O–H groups in total. The lowest BCUT2D eigenvalue weighted by atomic mass is 9.98. The third-order valence-corrected chi connectivity index (χ3v) is 4.88. The fourth-order valence-electron chi connectivity index (χ4n) is 3.74. The molecular weight excluding hydrogens is 314 g/mol. The molecule has 6 nitrogen and oxygen atoms in total. The Morgan fingerprint density at radius 1 is 1.36 bits per heavy atom. The Balaban J connectivity index is 1.60. The summed E-state index contributed by atoms with van der Waals surface area (Å²) >= 11 is 0. The van der Waals surface area contributed by atoms with Gasteiger partial charge in [-0.05, 0) is 63.8 Å². The summed E-state index contributed by atoms with van der Waals surface area (Å²) in [7, 11) is 0. The van der Waals surface area contributed by atoms with Crippen molar-refractivity contribution in [3.8, 4) is 0 Å². The van der Waals surface area contributed by atoms with Crippen LogP contribution in [0.4, 0.5) is 5.82 Å². The molecular formula is C19H27N5O. The second-order valence-electron chi connectivity index (χ2n) is 7.18. The van der Waals surface area contributed by atoms with Gasteiger partial charge in [0.25, 0.3) is 0 Å². The van der Waals surface area contributed by atoms with Gasteiger partial charge in [-0.1, -0.05) is 0 Å². The molecule has 2 atom stereocenters. The highest BCUT2D eigenvalue weighted by atomic mass is 16.1. The molecule has 3 rings (SSSR count). The largest absolute Gasteiger partial charge is 0.309 e. The molecule has 0 bridgehead atoms. The van der Waals surface area contributed by atoms with Gasteiger partial charge in [0.05, 0.1) is 5.69 Å². The Bertz CT molecular complexity index is 734. The maximum absolute atomic E-state index is 11.1. The number of hydrogen-bond acceptors (Lipinski definition) is 4. The molecule has 25 heavy (non-hydrogen) atoms. The number of likely N-dealkylation sites (tertiary alicyclic amines) is 1. The average molecular weight is 341 g/mol. The molecule has 0 radical (unpaired) electrons. The van der Waals surface area contributed by atoms with Crippen LogP contribution in [0.1, 0.15) is 49.0 Å². The predicted molar refractivity (Wildman–Crippen MR) is 98.4 cm³/mol. The van der Waals surface area contributed by atoms with Crippen molar-refractivity contribution in [3.05, 3.63) is 40.8 Å². The van der Waals surface area contributed by atoms with E-state index < -0.39 is 0 Å². The molecule has 1 amide bonds. The van der Waals surface area contributed by atoms with Crippen LogP contribution >= 0.6 is 0 Å². The summed E-state index contributed by atoms with van der Waals surface area (Å²) < 4.78 is 0. The van der Waals surface area contributed by atoms with Gasteiger partial charge in [0.15, 0.2) is 5.82 Å². The van der Waals surface area contributed by atoms with Crippen molar-refractivity contribution < 1.29 is 4.79 Å². The minimum Gasteiger partial charge on any atom is -0.309 e. The third kappa shape index (κ3) is 4.45. The summed E-state index contributed by atoms with van der Waals surface area (Å²) in [6, 6.07) is 6.59. The van der Waals surface area contributed by atoms with E-state index in [9.17, 15) is 4.79 Å². The van der Waals surface area contributed by atoms with Crippen LogP contribution in [0.5, 0.6) is 0 Å². The Labute approximate surface area is 149 Å². The molecule has 2 aromatic rings. The SMILES string of the molecule is CC(=O)Nc1cc(C(C)N2CC[C@@H](Cc3cc(C)nc(C)c3)C2)[nH]n1. The highest BCUT2D eigenvalue weighted by Gasteiger charge is 2.28. The van der Waals surface area contributed by atoms with Gasteiger partial charge in [0.2, 0.25) is 5.91 Å². The standard InChI is InChI=1S/C19H27N5O/c1-12-7-17(8-13(2)20-12)9-16-5-6-24(11-16)14(3)18-10-19(23-22-18)21-15(4)25/h7-8,10,14,16H,5-6,9,11H2,1-4H3,(H2,21,22,23,25)/t14?,16-/m0/s1. The lowest BCUT2D eigenvalue weighted by molar-refractivity contribution is -0.114. The maximum Gasteiger partial charge on any atom is 0.222 e. The van der Waals surface area contributed by atoms with Gasteiger partial charge in [-0.2, -0.15) is 5.10 Å². The minimum atomic E-state index is -0.102. The molecule has 0 aromatic carbocycles. The van der Waals surface area contributed by atoms with Crippen LogP contribution in [0.3, 0.4) is 0 Å². The van der Waals surface area contributed by atoms with E-state index >= 15 is 0 Å². The van der Waals surface area contributed by atoms with E-state index in [1.807, 2.05) is 6.07 Å².